The molecule has 0 fully saturated rings. The molecule has 2 aromatic carbocycles. The predicted molar refractivity (Wildman–Crippen MR) is 98.0 cm³/mol. The molecule has 114 valence electrons. The maximum atomic E-state index is 13.0. The quantitative estimate of drug-likeness (QED) is 0.724. The SMILES string of the molecule is O=C1/C(=C\c2ccc(Cl)cc2)c2ccccc2N1C1=NCCS1. The van der Waals surface area contributed by atoms with Crippen LogP contribution in [0, 0.1) is 0 Å². The minimum atomic E-state index is -0.0192. The fourth-order valence-corrected chi connectivity index (χ4v) is 3.74. The number of hydrogen-bond donors (Lipinski definition) is 0. The summed E-state index contributed by atoms with van der Waals surface area (Å²) in [5, 5.41) is 1.48. The van der Waals surface area contributed by atoms with E-state index in [1.54, 1.807) is 16.7 Å². The molecule has 0 radical (unpaired) electrons. The Morgan fingerprint density at radius 1 is 1.13 bits per heavy atom. The van der Waals surface area contributed by atoms with Crippen LogP contribution in [0.3, 0.4) is 0 Å². The van der Waals surface area contributed by atoms with E-state index in [1.165, 1.54) is 0 Å². The molecule has 23 heavy (non-hydrogen) atoms. The molecule has 0 N–H and O–H groups in total. The molecule has 0 aliphatic carbocycles. The van der Waals surface area contributed by atoms with Crippen LogP contribution < -0.4 is 4.90 Å². The van der Waals surface area contributed by atoms with Crippen LogP contribution in [0.4, 0.5) is 5.69 Å². The number of anilines is 1. The van der Waals surface area contributed by atoms with Crippen molar-refractivity contribution in [1.29, 1.82) is 0 Å². The normalized spacial score (nSPS) is 18.5. The van der Waals surface area contributed by atoms with Crippen LogP contribution in [0.25, 0.3) is 11.6 Å². The van der Waals surface area contributed by atoms with Gasteiger partial charge in [-0.05, 0) is 29.8 Å². The fourth-order valence-electron chi connectivity index (χ4n) is 2.76. The van der Waals surface area contributed by atoms with Gasteiger partial charge in [0.15, 0.2) is 5.17 Å². The van der Waals surface area contributed by atoms with E-state index in [1.807, 2.05) is 54.6 Å². The van der Waals surface area contributed by atoms with Crippen molar-refractivity contribution in [2.45, 2.75) is 0 Å². The summed E-state index contributed by atoms with van der Waals surface area (Å²) in [6, 6.07) is 15.3. The van der Waals surface area contributed by atoms with Crippen molar-refractivity contribution in [2.24, 2.45) is 4.99 Å². The molecule has 0 unspecified atom stereocenters. The number of hydrogen-bond acceptors (Lipinski definition) is 3. The molecule has 0 bridgehead atoms. The summed E-state index contributed by atoms with van der Waals surface area (Å²) in [6.07, 6.45) is 1.91. The van der Waals surface area contributed by atoms with Gasteiger partial charge >= 0.3 is 0 Å². The lowest BCUT2D eigenvalue weighted by Gasteiger charge is -2.15. The number of nitrogens with zero attached hydrogens (tertiary/aromatic N) is 2. The lowest BCUT2D eigenvalue weighted by molar-refractivity contribution is -0.112. The van der Waals surface area contributed by atoms with Gasteiger partial charge in [0.1, 0.15) is 0 Å². The van der Waals surface area contributed by atoms with Crippen molar-refractivity contribution in [3.8, 4) is 0 Å². The summed E-state index contributed by atoms with van der Waals surface area (Å²) in [6.45, 7) is 0.766. The van der Waals surface area contributed by atoms with Crippen molar-refractivity contribution in [3.05, 3.63) is 64.7 Å². The van der Waals surface area contributed by atoms with Gasteiger partial charge in [0.2, 0.25) is 0 Å². The van der Waals surface area contributed by atoms with E-state index >= 15 is 0 Å². The fraction of sp³-hybridized carbons (Fsp3) is 0.111. The van der Waals surface area contributed by atoms with Crippen LogP contribution in [-0.2, 0) is 4.79 Å². The van der Waals surface area contributed by atoms with Gasteiger partial charge in [0, 0.05) is 16.3 Å². The van der Waals surface area contributed by atoms with Gasteiger partial charge in [-0.25, -0.2) is 0 Å². The van der Waals surface area contributed by atoms with Crippen LogP contribution in [0.5, 0.6) is 0 Å². The molecule has 0 saturated carbocycles. The minimum Gasteiger partial charge on any atom is -0.268 e. The highest BCUT2D eigenvalue weighted by Crippen LogP contribution is 2.40. The van der Waals surface area contributed by atoms with Crippen LogP contribution in [0.15, 0.2) is 53.5 Å². The summed E-state index contributed by atoms with van der Waals surface area (Å²) < 4.78 is 0. The zero-order chi connectivity index (χ0) is 15.8. The first kappa shape index (κ1) is 14.5. The van der Waals surface area contributed by atoms with Crippen LogP contribution in [0.1, 0.15) is 11.1 Å². The van der Waals surface area contributed by atoms with E-state index in [2.05, 4.69) is 4.99 Å². The molecular formula is C18H13ClN2OS. The van der Waals surface area contributed by atoms with E-state index in [-0.39, 0.29) is 5.91 Å². The first-order valence-corrected chi connectivity index (χ1v) is 8.69. The van der Waals surface area contributed by atoms with Gasteiger partial charge in [0.05, 0.1) is 17.8 Å². The van der Waals surface area contributed by atoms with Crippen molar-refractivity contribution in [3.63, 3.8) is 0 Å². The van der Waals surface area contributed by atoms with Gasteiger partial charge in [-0.2, -0.15) is 0 Å². The zero-order valence-corrected chi connectivity index (χ0v) is 13.8. The Bertz CT molecular complexity index is 842. The highest BCUT2D eigenvalue weighted by atomic mass is 35.5. The Kier molecular flexibility index (Phi) is 3.71. The zero-order valence-electron chi connectivity index (χ0n) is 12.2. The summed E-state index contributed by atoms with van der Waals surface area (Å²) in [4.78, 5) is 19.1. The average molecular weight is 341 g/mol. The monoisotopic (exact) mass is 340 g/mol. The van der Waals surface area contributed by atoms with Crippen molar-refractivity contribution >= 4 is 51.8 Å². The molecule has 0 spiro atoms. The van der Waals surface area contributed by atoms with Crippen molar-refractivity contribution in [1.82, 2.24) is 0 Å². The van der Waals surface area contributed by atoms with Crippen LogP contribution >= 0.6 is 23.4 Å². The van der Waals surface area contributed by atoms with E-state index in [4.69, 9.17) is 11.6 Å². The summed E-state index contributed by atoms with van der Waals surface area (Å²) >= 11 is 7.56. The number of fused-ring (bicyclic) bond motifs is 1. The molecule has 2 aromatic rings. The smallest absolute Gasteiger partial charge is 0.265 e. The number of amidine groups is 1. The molecule has 0 atom stereocenters. The minimum absolute atomic E-state index is 0.0192. The lowest BCUT2D eigenvalue weighted by atomic mass is 10.0. The predicted octanol–water partition coefficient (Wildman–Crippen LogP) is 4.33. The number of halogens is 1. The topological polar surface area (TPSA) is 32.7 Å². The van der Waals surface area contributed by atoms with Gasteiger partial charge in [0.25, 0.3) is 5.91 Å². The summed E-state index contributed by atoms with van der Waals surface area (Å²) in [5.74, 6) is 0.909. The van der Waals surface area contributed by atoms with Crippen LogP contribution in [0.2, 0.25) is 5.02 Å². The van der Waals surface area contributed by atoms with Gasteiger partial charge in [-0.3, -0.25) is 14.7 Å². The third-order valence-electron chi connectivity index (χ3n) is 3.81. The van der Waals surface area contributed by atoms with Gasteiger partial charge in [-0.15, -0.1) is 0 Å². The lowest BCUT2D eigenvalue weighted by Crippen LogP contribution is -2.30. The maximum Gasteiger partial charge on any atom is 0.265 e. The third kappa shape index (κ3) is 2.58. The summed E-state index contributed by atoms with van der Waals surface area (Å²) in [7, 11) is 0. The first-order chi connectivity index (χ1) is 11.2. The number of para-hydroxylation sites is 1. The number of thioether (sulfide) groups is 1. The number of aliphatic imine (C=N–C) groups is 1. The molecule has 2 heterocycles. The number of carbonyl (C=O) groups is 1. The Morgan fingerprint density at radius 2 is 1.91 bits per heavy atom. The standard InChI is InChI=1S/C18H13ClN2OS/c19-13-7-5-12(6-8-13)11-15-14-3-1-2-4-16(14)21(17(15)22)18-20-9-10-23-18/h1-8,11H,9-10H2/b15-11-. The Labute approximate surface area is 143 Å². The molecule has 0 aromatic heterocycles. The molecule has 5 heteroatoms. The summed E-state index contributed by atoms with van der Waals surface area (Å²) in [5.41, 5.74) is 3.50. The molecule has 1 amide bonds. The Hall–Kier alpha value is -2.04. The van der Waals surface area contributed by atoms with E-state index in [9.17, 15) is 4.79 Å². The highest BCUT2D eigenvalue weighted by Gasteiger charge is 2.36. The number of rotatable bonds is 1. The largest absolute Gasteiger partial charge is 0.268 e. The molecule has 4 rings (SSSR count). The van der Waals surface area contributed by atoms with Crippen molar-refractivity contribution in [2.75, 3.05) is 17.2 Å². The highest BCUT2D eigenvalue weighted by molar-refractivity contribution is 8.14. The van der Waals surface area contributed by atoms with Crippen LogP contribution in [-0.4, -0.2) is 23.4 Å². The number of carbonyl (C=O) groups excluding carboxylic acids is 1. The van der Waals surface area contributed by atoms with E-state index in [0.29, 0.717) is 10.6 Å². The first-order valence-electron chi connectivity index (χ1n) is 7.32. The second-order valence-corrected chi connectivity index (χ2v) is 6.78. The third-order valence-corrected chi connectivity index (χ3v) is 5.02. The molecule has 0 saturated heterocycles. The molecule has 2 aliphatic rings. The van der Waals surface area contributed by atoms with Gasteiger partial charge in [-0.1, -0.05) is 53.7 Å². The molecule has 2 aliphatic heterocycles. The average Bonchev–Trinajstić information content (AvgIpc) is 3.17. The van der Waals surface area contributed by atoms with E-state index in [0.717, 1.165) is 34.3 Å². The van der Waals surface area contributed by atoms with E-state index < -0.39 is 0 Å². The van der Waals surface area contributed by atoms with Gasteiger partial charge < -0.3 is 0 Å². The number of amides is 1. The van der Waals surface area contributed by atoms with Crippen molar-refractivity contribution < 1.29 is 4.79 Å². The number of benzene rings is 2. The Balaban J connectivity index is 1.82. The Morgan fingerprint density at radius 3 is 2.65 bits per heavy atom. The second-order valence-electron chi connectivity index (χ2n) is 5.28. The molecule has 3 nitrogen and oxygen atoms in total. The second kappa shape index (κ2) is 5.87. The maximum absolute atomic E-state index is 13.0. The molecular weight excluding hydrogens is 328 g/mol.